The van der Waals surface area contributed by atoms with Crippen molar-refractivity contribution < 1.29 is 17.7 Å². The number of furan rings is 4. The molecule has 17 rings (SSSR count). The van der Waals surface area contributed by atoms with Crippen LogP contribution in [0.3, 0.4) is 0 Å². The molecule has 0 saturated heterocycles. The summed E-state index contributed by atoms with van der Waals surface area (Å²) in [5.41, 5.74) is 23.3. The first kappa shape index (κ1) is 50.7. The number of hydrogen-bond donors (Lipinski definition) is 0. The Balaban J connectivity index is 0.798. The van der Waals surface area contributed by atoms with E-state index < -0.39 is 0 Å². The van der Waals surface area contributed by atoms with Crippen molar-refractivity contribution in [1.29, 1.82) is 0 Å². The van der Waals surface area contributed by atoms with Crippen LogP contribution in [0.25, 0.3) is 132 Å². The van der Waals surface area contributed by atoms with Gasteiger partial charge in [0.2, 0.25) is 0 Å². The third-order valence-electron chi connectivity index (χ3n) is 18.2. The van der Waals surface area contributed by atoms with E-state index in [1.165, 1.54) is 22.3 Å². The van der Waals surface area contributed by atoms with Gasteiger partial charge in [-0.1, -0.05) is 184 Å². The molecule has 6 nitrogen and oxygen atoms in total. The van der Waals surface area contributed by atoms with Crippen LogP contribution < -0.4 is 9.80 Å². The molecule has 17 aromatic rings. The fraction of sp³-hybridized carbons (Fsp3) is 0.0864. The molecule has 0 aliphatic heterocycles. The lowest BCUT2D eigenvalue weighted by Crippen LogP contribution is -2.13. The predicted molar refractivity (Wildman–Crippen MR) is 364 cm³/mol. The first-order valence-electron chi connectivity index (χ1n) is 30.1. The van der Waals surface area contributed by atoms with Gasteiger partial charge in [0.25, 0.3) is 0 Å². The largest absolute Gasteiger partial charge is 0.456 e. The minimum Gasteiger partial charge on any atom is -0.456 e. The monoisotopic (exact) mass is 1120 g/mol. The molecule has 87 heavy (non-hydrogen) atoms. The van der Waals surface area contributed by atoms with Crippen LogP contribution in [-0.2, 0) is 0 Å². The van der Waals surface area contributed by atoms with Crippen LogP contribution in [0, 0.1) is 27.7 Å². The molecule has 0 unspecified atom stereocenters. The van der Waals surface area contributed by atoms with Crippen LogP contribution in [0.5, 0.6) is 0 Å². The lowest BCUT2D eigenvalue weighted by molar-refractivity contribution is 0.655. The van der Waals surface area contributed by atoms with Gasteiger partial charge < -0.3 is 27.5 Å². The fourth-order valence-electron chi connectivity index (χ4n) is 14.2. The molecule has 0 N–H and O–H groups in total. The second-order valence-electron chi connectivity index (χ2n) is 23.9. The van der Waals surface area contributed by atoms with Crippen LogP contribution in [0.4, 0.5) is 34.1 Å². The van der Waals surface area contributed by atoms with Gasteiger partial charge in [-0.15, -0.1) is 0 Å². The Labute approximate surface area is 502 Å². The summed E-state index contributed by atoms with van der Waals surface area (Å²) in [5, 5.41) is 13.0. The number of fused-ring (bicyclic) bond motifs is 14. The second-order valence-corrected chi connectivity index (χ2v) is 23.9. The van der Waals surface area contributed by atoms with E-state index in [4.69, 9.17) is 17.7 Å². The number of nitrogens with zero attached hydrogens (tertiary/aromatic N) is 2. The Morgan fingerprint density at radius 1 is 0.299 bits per heavy atom. The highest BCUT2D eigenvalue weighted by molar-refractivity contribution is 6.21. The molecular weight excluding hydrogens is 1060 g/mol. The summed E-state index contributed by atoms with van der Waals surface area (Å²) in [6.45, 7) is 13.3. The third-order valence-corrected chi connectivity index (χ3v) is 18.2. The van der Waals surface area contributed by atoms with Crippen molar-refractivity contribution in [2.45, 2.75) is 47.5 Å². The number of para-hydroxylation sites is 6. The average Bonchev–Trinajstić information content (AvgIpc) is 1.69. The minimum atomic E-state index is 0.128. The zero-order valence-electron chi connectivity index (χ0n) is 49.1. The molecule has 0 spiro atoms. The maximum Gasteiger partial charge on any atom is 0.159 e. The van der Waals surface area contributed by atoms with Crippen molar-refractivity contribution in [1.82, 2.24) is 0 Å². The van der Waals surface area contributed by atoms with Crippen molar-refractivity contribution in [3.05, 3.63) is 264 Å². The van der Waals surface area contributed by atoms with E-state index in [0.717, 1.165) is 171 Å². The molecular formula is C81H58N2O4. The Morgan fingerprint density at radius 2 is 0.736 bits per heavy atom. The van der Waals surface area contributed by atoms with E-state index in [1.54, 1.807) is 0 Å². The summed E-state index contributed by atoms with van der Waals surface area (Å²) in [7, 11) is 0. The van der Waals surface area contributed by atoms with E-state index in [-0.39, 0.29) is 5.92 Å². The third kappa shape index (κ3) is 7.80. The molecule has 4 heterocycles. The summed E-state index contributed by atoms with van der Waals surface area (Å²) in [6, 6.07) is 84.8. The molecule has 0 radical (unpaired) electrons. The molecule has 4 aromatic heterocycles. The lowest BCUT2D eigenvalue weighted by Gasteiger charge is -2.29. The van der Waals surface area contributed by atoms with Crippen LogP contribution in [0.2, 0.25) is 0 Å². The highest BCUT2D eigenvalue weighted by atomic mass is 16.3. The normalized spacial score (nSPS) is 12.1. The summed E-state index contributed by atoms with van der Waals surface area (Å²) in [5.74, 6) is 0.128. The number of anilines is 6. The number of aryl methyl sites for hydroxylation is 4. The Bertz CT molecular complexity index is 5410. The molecule has 0 atom stereocenters. The maximum atomic E-state index is 7.15. The van der Waals surface area contributed by atoms with Gasteiger partial charge in [0.15, 0.2) is 11.2 Å². The molecule has 0 aliphatic carbocycles. The lowest BCUT2D eigenvalue weighted by atomic mass is 9.93. The van der Waals surface area contributed by atoms with Crippen LogP contribution in [0.15, 0.2) is 254 Å². The predicted octanol–water partition coefficient (Wildman–Crippen LogP) is 24.2. The Morgan fingerprint density at radius 3 is 1.22 bits per heavy atom. The van der Waals surface area contributed by atoms with E-state index in [9.17, 15) is 0 Å². The highest BCUT2D eigenvalue weighted by Crippen LogP contribution is 2.51. The first-order valence-corrected chi connectivity index (χ1v) is 30.1. The smallest absolute Gasteiger partial charge is 0.159 e. The topological polar surface area (TPSA) is 59.0 Å². The van der Waals surface area contributed by atoms with Gasteiger partial charge >= 0.3 is 0 Å². The molecule has 13 aromatic carbocycles. The number of rotatable bonds is 9. The molecule has 416 valence electrons. The van der Waals surface area contributed by atoms with Crippen LogP contribution >= 0.6 is 0 Å². The zero-order valence-corrected chi connectivity index (χ0v) is 49.1. The van der Waals surface area contributed by atoms with Gasteiger partial charge in [-0.25, -0.2) is 0 Å². The van der Waals surface area contributed by atoms with Gasteiger partial charge in [-0.05, 0) is 155 Å². The van der Waals surface area contributed by atoms with Gasteiger partial charge in [-0.3, -0.25) is 0 Å². The van der Waals surface area contributed by atoms with Crippen LogP contribution in [0.1, 0.15) is 47.6 Å². The van der Waals surface area contributed by atoms with E-state index in [1.807, 2.05) is 0 Å². The van der Waals surface area contributed by atoms with Gasteiger partial charge in [0, 0.05) is 71.2 Å². The van der Waals surface area contributed by atoms with E-state index in [2.05, 4.69) is 288 Å². The van der Waals surface area contributed by atoms with Crippen molar-refractivity contribution >= 4 is 143 Å². The number of benzene rings is 13. The standard InChI is InChI=1S/C81H58N2O4/c1-46(2)73-74-67-42-54-36-38-58(83(76-49(5)21-14-22-50(76)6)69-34-18-32-64-62-30-16-28-60(78(62)87-80(64)69)52-25-11-8-12-26-52)40-56(54)44-71(67)84-72(74)45-66-65-41-53-35-37-57(39-55(53)43-70(65)85-81(66)73)82(75-47(3)19-13-20-48(75)4)68-33-17-31-63-61-29-15-27-59(77(61)86-79(63)68)51-23-9-7-10-24-51/h7-46H,1-6H3. The first-order chi connectivity index (χ1) is 42.6. The second kappa shape index (κ2) is 19.4. The van der Waals surface area contributed by atoms with Gasteiger partial charge in [0.05, 0.1) is 22.7 Å². The molecule has 6 heteroatoms. The highest BCUT2D eigenvalue weighted by Gasteiger charge is 2.28. The maximum absolute atomic E-state index is 7.15. The molecule has 0 saturated carbocycles. The van der Waals surface area contributed by atoms with E-state index in [0.29, 0.717) is 0 Å². The quantitative estimate of drug-likeness (QED) is 0.144. The minimum absolute atomic E-state index is 0.128. The molecule has 0 aliphatic rings. The van der Waals surface area contributed by atoms with Gasteiger partial charge in [0.1, 0.15) is 33.5 Å². The van der Waals surface area contributed by atoms with Crippen molar-refractivity contribution in [2.24, 2.45) is 0 Å². The van der Waals surface area contributed by atoms with E-state index >= 15 is 0 Å². The Hall–Kier alpha value is -10.8. The average molecular weight is 1120 g/mol. The van der Waals surface area contributed by atoms with Crippen molar-refractivity contribution in [2.75, 3.05) is 9.80 Å². The Kier molecular flexibility index (Phi) is 11.3. The van der Waals surface area contributed by atoms with Crippen molar-refractivity contribution in [3.63, 3.8) is 0 Å². The fourth-order valence-corrected chi connectivity index (χ4v) is 14.2. The summed E-state index contributed by atoms with van der Waals surface area (Å²) in [6.07, 6.45) is 0. The van der Waals surface area contributed by atoms with Crippen molar-refractivity contribution in [3.8, 4) is 22.3 Å². The molecule has 0 amide bonds. The summed E-state index contributed by atoms with van der Waals surface area (Å²) in [4.78, 5) is 4.76. The number of hydrogen-bond acceptors (Lipinski definition) is 6. The SMILES string of the molecule is Cc1cccc(C)c1N(c1ccc2cc3c(cc2c1)oc1c(C(C)C)c2c(cc13)oc1cc3cc(N(c4c(C)cccc4C)c4cccc5c4oc4c(-c6ccccc6)cccc45)ccc3cc12)c1cccc2c1oc1c(-c3ccccc3)cccc12. The molecule has 0 fully saturated rings. The summed E-state index contributed by atoms with van der Waals surface area (Å²) < 4.78 is 28.3. The molecule has 0 bridgehead atoms. The van der Waals surface area contributed by atoms with Gasteiger partial charge in [-0.2, -0.15) is 0 Å². The zero-order chi connectivity index (χ0) is 58.3. The summed E-state index contributed by atoms with van der Waals surface area (Å²) >= 11 is 0. The van der Waals surface area contributed by atoms with Crippen LogP contribution in [-0.4, -0.2) is 0 Å².